The van der Waals surface area contributed by atoms with E-state index < -0.39 is 0 Å². The Labute approximate surface area is 131 Å². The zero-order chi connectivity index (χ0) is 14.8. The maximum absolute atomic E-state index is 11.7. The number of carbonyl (C=O) groups excluding carboxylic acids is 1. The lowest BCUT2D eigenvalue weighted by Crippen LogP contribution is -2.27. The molecule has 2 amide bonds. The number of halogens is 1. The third kappa shape index (κ3) is 3.05. The molecule has 0 aliphatic carbocycles. The van der Waals surface area contributed by atoms with Gasteiger partial charge in [0.25, 0.3) is 0 Å². The molecule has 2 aromatic rings. The van der Waals surface area contributed by atoms with Gasteiger partial charge >= 0.3 is 6.03 Å². The first-order valence-corrected chi connectivity index (χ1v) is 7.60. The fourth-order valence-corrected chi connectivity index (χ4v) is 2.68. The highest BCUT2D eigenvalue weighted by Gasteiger charge is 2.21. The third-order valence-corrected chi connectivity index (χ3v) is 3.84. The number of urea groups is 1. The molecule has 0 spiro atoms. The average molecular weight is 350 g/mol. The normalized spacial score (nSPS) is 15.9. The number of carbonyl (C=O) groups is 1. The van der Waals surface area contributed by atoms with E-state index in [4.69, 9.17) is 4.42 Å². The van der Waals surface area contributed by atoms with Crippen LogP contribution >= 0.6 is 15.9 Å². The van der Waals surface area contributed by atoms with Crippen molar-refractivity contribution in [2.75, 3.05) is 23.3 Å². The Morgan fingerprint density at radius 2 is 2.24 bits per heavy atom. The van der Waals surface area contributed by atoms with E-state index in [2.05, 4.69) is 26.6 Å². The van der Waals surface area contributed by atoms with Crippen molar-refractivity contribution < 1.29 is 9.21 Å². The topological polar surface area (TPSA) is 57.5 Å². The second kappa shape index (κ2) is 5.81. The molecule has 1 aliphatic heterocycles. The van der Waals surface area contributed by atoms with Crippen LogP contribution in [0, 0.1) is 0 Å². The van der Waals surface area contributed by atoms with E-state index in [0.717, 1.165) is 17.1 Å². The molecule has 0 saturated carbocycles. The molecule has 5 nitrogen and oxygen atoms in total. The van der Waals surface area contributed by atoms with Gasteiger partial charge < -0.3 is 15.1 Å². The summed E-state index contributed by atoms with van der Waals surface area (Å²) in [6.45, 7) is 3.41. The summed E-state index contributed by atoms with van der Waals surface area (Å²) in [5, 5.41) is 6.18. The van der Waals surface area contributed by atoms with Crippen molar-refractivity contribution in [2.24, 2.45) is 0 Å². The first-order chi connectivity index (χ1) is 10.1. The van der Waals surface area contributed by atoms with Crippen LogP contribution in [0.3, 0.4) is 0 Å². The predicted octanol–water partition coefficient (Wildman–Crippen LogP) is 3.74. The van der Waals surface area contributed by atoms with Gasteiger partial charge in [0.05, 0.1) is 6.04 Å². The highest BCUT2D eigenvalue weighted by Crippen LogP contribution is 2.26. The van der Waals surface area contributed by atoms with Gasteiger partial charge in [0.15, 0.2) is 4.67 Å². The number of nitrogens with one attached hydrogen (secondary N) is 2. The van der Waals surface area contributed by atoms with Crippen LogP contribution in [0.2, 0.25) is 0 Å². The van der Waals surface area contributed by atoms with Gasteiger partial charge in [0, 0.05) is 24.5 Å². The van der Waals surface area contributed by atoms with E-state index in [9.17, 15) is 4.79 Å². The molecule has 0 radical (unpaired) electrons. The Kier molecular flexibility index (Phi) is 3.88. The van der Waals surface area contributed by atoms with E-state index in [0.29, 0.717) is 17.8 Å². The van der Waals surface area contributed by atoms with Crippen molar-refractivity contribution in [1.29, 1.82) is 0 Å². The SMILES string of the molecule is CC(Nc1cccc(N2CCNC2=O)c1)c1ccc(Br)o1. The number of amides is 2. The van der Waals surface area contributed by atoms with Gasteiger partial charge in [-0.1, -0.05) is 6.07 Å². The van der Waals surface area contributed by atoms with Gasteiger partial charge in [-0.3, -0.25) is 4.90 Å². The van der Waals surface area contributed by atoms with Gasteiger partial charge in [-0.2, -0.15) is 0 Å². The van der Waals surface area contributed by atoms with E-state index in [-0.39, 0.29) is 12.1 Å². The van der Waals surface area contributed by atoms with Crippen LogP contribution < -0.4 is 15.5 Å². The standard InChI is InChI=1S/C15H16BrN3O2/c1-10(13-5-6-14(16)21-13)18-11-3-2-4-12(9-11)19-8-7-17-15(19)20/h2-6,9-10,18H,7-8H2,1H3,(H,17,20). The predicted molar refractivity (Wildman–Crippen MR) is 85.6 cm³/mol. The molecule has 1 aromatic heterocycles. The minimum Gasteiger partial charge on any atom is -0.452 e. The van der Waals surface area contributed by atoms with Crippen LogP contribution in [0.1, 0.15) is 18.7 Å². The highest BCUT2D eigenvalue weighted by atomic mass is 79.9. The van der Waals surface area contributed by atoms with Crippen molar-refractivity contribution >= 4 is 33.3 Å². The van der Waals surface area contributed by atoms with Crippen molar-refractivity contribution in [3.8, 4) is 0 Å². The zero-order valence-electron chi connectivity index (χ0n) is 11.6. The molecule has 1 aromatic carbocycles. The van der Waals surface area contributed by atoms with Crippen molar-refractivity contribution in [3.05, 3.63) is 46.8 Å². The Morgan fingerprint density at radius 1 is 1.38 bits per heavy atom. The zero-order valence-corrected chi connectivity index (χ0v) is 13.2. The lowest BCUT2D eigenvalue weighted by atomic mass is 10.2. The molecular formula is C15H16BrN3O2. The summed E-state index contributed by atoms with van der Waals surface area (Å²) in [4.78, 5) is 13.4. The summed E-state index contributed by atoms with van der Waals surface area (Å²) in [5.74, 6) is 0.853. The fourth-order valence-electron chi connectivity index (χ4n) is 2.36. The molecule has 0 bridgehead atoms. The Bertz CT molecular complexity index is 656. The molecular weight excluding hydrogens is 334 g/mol. The molecule has 21 heavy (non-hydrogen) atoms. The van der Waals surface area contributed by atoms with Gasteiger partial charge in [0.2, 0.25) is 0 Å². The summed E-state index contributed by atoms with van der Waals surface area (Å²) in [7, 11) is 0. The fraction of sp³-hybridized carbons (Fsp3) is 0.267. The lowest BCUT2D eigenvalue weighted by Gasteiger charge is -2.17. The summed E-state index contributed by atoms with van der Waals surface area (Å²) in [6, 6.07) is 11.6. The summed E-state index contributed by atoms with van der Waals surface area (Å²) >= 11 is 3.30. The largest absolute Gasteiger partial charge is 0.452 e. The smallest absolute Gasteiger partial charge is 0.321 e. The first kappa shape index (κ1) is 14.0. The highest BCUT2D eigenvalue weighted by molar-refractivity contribution is 9.10. The number of benzene rings is 1. The maximum Gasteiger partial charge on any atom is 0.321 e. The van der Waals surface area contributed by atoms with Crippen LogP contribution in [0.5, 0.6) is 0 Å². The Morgan fingerprint density at radius 3 is 2.90 bits per heavy atom. The molecule has 1 aliphatic rings. The van der Waals surface area contributed by atoms with Crippen LogP contribution in [0.4, 0.5) is 16.2 Å². The Balaban J connectivity index is 1.75. The Hall–Kier alpha value is -1.95. The average Bonchev–Trinajstić information content (AvgIpc) is 3.08. The quantitative estimate of drug-likeness (QED) is 0.883. The van der Waals surface area contributed by atoms with Crippen LogP contribution in [-0.4, -0.2) is 19.1 Å². The van der Waals surface area contributed by atoms with Gasteiger partial charge in [0.1, 0.15) is 5.76 Å². The molecule has 1 atom stereocenters. The van der Waals surface area contributed by atoms with E-state index in [1.165, 1.54) is 0 Å². The minimum atomic E-state index is -0.0461. The maximum atomic E-state index is 11.7. The van der Waals surface area contributed by atoms with Crippen LogP contribution in [-0.2, 0) is 0 Å². The monoisotopic (exact) mass is 349 g/mol. The van der Waals surface area contributed by atoms with Crippen molar-refractivity contribution in [2.45, 2.75) is 13.0 Å². The number of furan rings is 1. The molecule has 6 heteroatoms. The summed E-state index contributed by atoms with van der Waals surface area (Å²) < 4.78 is 6.26. The van der Waals surface area contributed by atoms with Gasteiger partial charge in [-0.15, -0.1) is 0 Å². The number of hydrogen-bond acceptors (Lipinski definition) is 3. The summed E-state index contributed by atoms with van der Waals surface area (Å²) in [5.41, 5.74) is 1.84. The number of rotatable bonds is 4. The van der Waals surface area contributed by atoms with E-state index in [1.54, 1.807) is 4.90 Å². The number of hydrogen-bond donors (Lipinski definition) is 2. The van der Waals surface area contributed by atoms with Crippen LogP contribution in [0.25, 0.3) is 0 Å². The lowest BCUT2D eigenvalue weighted by molar-refractivity contribution is 0.252. The van der Waals surface area contributed by atoms with E-state index in [1.807, 2.05) is 43.3 Å². The molecule has 1 fully saturated rings. The molecule has 1 saturated heterocycles. The minimum absolute atomic E-state index is 0.0407. The second-order valence-corrected chi connectivity index (χ2v) is 5.72. The third-order valence-electron chi connectivity index (χ3n) is 3.42. The number of anilines is 2. The van der Waals surface area contributed by atoms with E-state index >= 15 is 0 Å². The molecule has 2 N–H and O–H groups in total. The van der Waals surface area contributed by atoms with Gasteiger partial charge in [-0.05, 0) is 53.2 Å². The van der Waals surface area contributed by atoms with Gasteiger partial charge in [-0.25, -0.2) is 4.79 Å². The summed E-state index contributed by atoms with van der Waals surface area (Å²) in [6.07, 6.45) is 0. The van der Waals surface area contributed by atoms with Crippen LogP contribution in [0.15, 0.2) is 45.5 Å². The molecule has 2 heterocycles. The van der Waals surface area contributed by atoms with Crippen molar-refractivity contribution in [3.63, 3.8) is 0 Å². The first-order valence-electron chi connectivity index (χ1n) is 6.81. The second-order valence-electron chi connectivity index (χ2n) is 4.94. The molecule has 3 rings (SSSR count). The number of nitrogens with zero attached hydrogens (tertiary/aromatic N) is 1. The molecule has 1 unspecified atom stereocenters. The molecule has 110 valence electrons. The van der Waals surface area contributed by atoms with Crippen molar-refractivity contribution in [1.82, 2.24) is 5.32 Å².